The van der Waals surface area contributed by atoms with Crippen LogP contribution >= 0.6 is 0 Å². The maximum atomic E-state index is 12.6. The molecule has 0 unspecified atom stereocenters. The molecule has 0 saturated heterocycles. The number of fused-ring (bicyclic) bond motifs is 1. The van der Waals surface area contributed by atoms with E-state index in [-0.39, 0.29) is 12.5 Å². The molecule has 1 aliphatic rings. The van der Waals surface area contributed by atoms with Crippen LogP contribution in [0.5, 0.6) is 5.75 Å². The number of hydrogen-bond acceptors (Lipinski definition) is 4. The Balaban J connectivity index is 1.41. The molecule has 0 bridgehead atoms. The van der Waals surface area contributed by atoms with Crippen LogP contribution in [0.25, 0.3) is 5.69 Å². The zero-order valence-electron chi connectivity index (χ0n) is 13.7. The van der Waals surface area contributed by atoms with Gasteiger partial charge in [0.05, 0.1) is 5.69 Å². The van der Waals surface area contributed by atoms with E-state index in [1.165, 1.54) is 11.9 Å². The molecule has 6 heteroatoms. The van der Waals surface area contributed by atoms with Crippen LogP contribution in [-0.4, -0.2) is 33.8 Å². The maximum Gasteiger partial charge on any atom is 0.264 e. The van der Waals surface area contributed by atoms with Gasteiger partial charge in [-0.15, -0.1) is 0 Å². The van der Waals surface area contributed by atoms with Crippen molar-refractivity contribution < 1.29 is 9.53 Å². The van der Waals surface area contributed by atoms with Crippen molar-refractivity contribution in [2.45, 2.75) is 12.8 Å². The van der Waals surface area contributed by atoms with Crippen molar-refractivity contribution in [1.82, 2.24) is 14.8 Å². The van der Waals surface area contributed by atoms with Crippen molar-refractivity contribution in [1.29, 1.82) is 0 Å². The van der Waals surface area contributed by atoms with Gasteiger partial charge in [-0.2, -0.15) is 5.10 Å². The van der Waals surface area contributed by atoms with Gasteiger partial charge in [0.2, 0.25) is 0 Å². The monoisotopic (exact) mass is 334 g/mol. The topological polar surface area (TPSA) is 60.3 Å². The van der Waals surface area contributed by atoms with E-state index in [1.807, 2.05) is 47.4 Å². The summed E-state index contributed by atoms with van der Waals surface area (Å²) in [6.07, 6.45) is 5.12. The molecule has 126 valence electrons. The molecule has 0 aliphatic carbocycles. The van der Waals surface area contributed by atoms with Crippen LogP contribution in [0, 0.1) is 0 Å². The van der Waals surface area contributed by atoms with Gasteiger partial charge in [-0.3, -0.25) is 4.79 Å². The molecule has 3 aromatic rings. The summed E-state index contributed by atoms with van der Waals surface area (Å²) in [6, 6.07) is 15.5. The molecule has 0 spiro atoms. The average molecular weight is 334 g/mol. The van der Waals surface area contributed by atoms with Crippen LogP contribution in [0.15, 0.2) is 61.2 Å². The van der Waals surface area contributed by atoms with Crippen LogP contribution in [0.1, 0.15) is 12.0 Å². The lowest BCUT2D eigenvalue weighted by Crippen LogP contribution is -2.38. The molecule has 1 aromatic heterocycles. The van der Waals surface area contributed by atoms with Gasteiger partial charge in [0, 0.05) is 12.2 Å². The largest absolute Gasteiger partial charge is 0.484 e. The summed E-state index contributed by atoms with van der Waals surface area (Å²) in [5.41, 5.74) is 3.12. The van der Waals surface area contributed by atoms with Crippen molar-refractivity contribution >= 4 is 11.6 Å². The number of nitrogens with zero attached hydrogens (tertiary/aromatic N) is 4. The van der Waals surface area contributed by atoms with Crippen molar-refractivity contribution in [3.63, 3.8) is 0 Å². The maximum absolute atomic E-state index is 12.6. The van der Waals surface area contributed by atoms with E-state index in [0.29, 0.717) is 5.75 Å². The molecule has 2 aromatic carbocycles. The highest BCUT2D eigenvalue weighted by Gasteiger charge is 2.22. The van der Waals surface area contributed by atoms with E-state index >= 15 is 0 Å². The molecule has 25 heavy (non-hydrogen) atoms. The van der Waals surface area contributed by atoms with E-state index in [2.05, 4.69) is 16.1 Å². The SMILES string of the molecule is O=C(COc1ccc(-n2cncn2)cc1)N1CCCc2ccccc21. The lowest BCUT2D eigenvalue weighted by Gasteiger charge is -2.29. The number of rotatable bonds is 4. The van der Waals surface area contributed by atoms with E-state index in [9.17, 15) is 4.79 Å². The number of anilines is 1. The molecule has 0 atom stereocenters. The Morgan fingerprint density at radius 3 is 2.76 bits per heavy atom. The normalized spacial score (nSPS) is 13.4. The van der Waals surface area contributed by atoms with Crippen LogP contribution < -0.4 is 9.64 Å². The first-order valence-corrected chi connectivity index (χ1v) is 8.27. The van der Waals surface area contributed by atoms with Gasteiger partial charge < -0.3 is 9.64 Å². The van der Waals surface area contributed by atoms with E-state index in [4.69, 9.17) is 4.74 Å². The van der Waals surface area contributed by atoms with Crippen LogP contribution in [0.4, 0.5) is 5.69 Å². The molecule has 0 fully saturated rings. The molecule has 0 N–H and O–H groups in total. The molecule has 6 nitrogen and oxygen atoms in total. The lowest BCUT2D eigenvalue weighted by molar-refractivity contribution is -0.120. The van der Waals surface area contributed by atoms with Gasteiger partial charge in [-0.1, -0.05) is 18.2 Å². The predicted molar refractivity (Wildman–Crippen MR) is 94.0 cm³/mol. The highest BCUT2D eigenvalue weighted by molar-refractivity contribution is 5.95. The number of aryl methyl sites for hydroxylation is 1. The number of hydrogen-bond donors (Lipinski definition) is 0. The second-order valence-corrected chi connectivity index (χ2v) is 5.90. The predicted octanol–water partition coefficient (Wildman–Crippen LogP) is 2.63. The summed E-state index contributed by atoms with van der Waals surface area (Å²) >= 11 is 0. The van der Waals surface area contributed by atoms with Gasteiger partial charge >= 0.3 is 0 Å². The molecule has 0 saturated carbocycles. The molecule has 4 rings (SSSR count). The third-order valence-electron chi connectivity index (χ3n) is 4.29. The lowest BCUT2D eigenvalue weighted by atomic mass is 10.0. The van der Waals surface area contributed by atoms with Crippen molar-refractivity contribution in [3.05, 3.63) is 66.7 Å². The van der Waals surface area contributed by atoms with E-state index in [0.717, 1.165) is 30.8 Å². The van der Waals surface area contributed by atoms with Crippen LogP contribution in [-0.2, 0) is 11.2 Å². The Morgan fingerprint density at radius 2 is 1.96 bits per heavy atom. The average Bonchev–Trinajstić information content (AvgIpc) is 3.21. The van der Waals surface area contributed by atoms with Crippen LogP contribution in [0.3, 0.4) is 0 Å². The molecular formula is C19H18N4O2. The second-order valence-electron chi connectivity index (χ2n) is 5.90. The molecule has 0 radical (unpaired) electrons. The fraction of sp³-hybridized carbons (Fsp3) is 0.211. The quantitative estimate of drug-likeness (QED) is 0.736. The van der Waals surface area contributed by atoms with Gasteiger partial charge in [0.25, 0.3) is 5.91 Å². The Kier molecular flexibility index (Phi) is 4.16. The van der Waals surface area contributed by atoms with Crippen molar-refractivity contribution in [2.75, 3.05) is 18.1 Å². The minimum Gasteiger partial charge on any atom is -0.484 e. The smallest absolute Gasteiger partial charge is 0.264 e. The standard InChI is InChI=1S/C19H18N4O2/c24-19(22-11-3-5-15-4-1-2-6-18(15)22)12-25-17-9-7-16(8-10-17)23-14-20-13-21-23/h1-2,4,6-10,13-14H,3,5,11-12H2. The van der Waals surface area contributed by atoms with Gasteiger partial charge in [0.1, 0.15) is 18.4 Å². The fourth-order valence-corrected chi connectivity index (χ4v) is 3.05. The third kappa shape index (κ3) is 3.24. The fourth-order valence-electron chi connectivity index (χ4n) is 3.05. The number of carbonyl (C=O) groups excluding carboxylic acids is 1. The van der Waals surface area contributed by atoms with Crippen LogP contribution in [0.2, 0.25) is 0 Å². The minimum atomic E-state index is -0.0208. The number of amides is 1. The summed E-state index contributed by atoms with van der Waals surface area (Å²) in [6.45, 7) is 0.765. The zero-order chi connectivity index (χ0) is 17.1. The van der Waals surface area contributed by atoms with E-state index < -0.39 is 0 Å². The highest BCUT2D eigenvalue weighted by Crippen LogP contribution is 2.26. The summed E-state index contributed by atoms with van der Waals surface area (Å²) in [5, 5.41) is 4.08. The van der Waals surface area contributed by atoms with E-state index in [1.54, 1.807) is 11.0 Å². The number of carbonyl (C=O) groups is 1. The highest BCUT2D eigenvalue weighted by atomic mass is 16.5. The zero-order valence-corrected chi connectivity index (χ0v) is 13.7. The summed E-state index contributed by atoms with van der Waals surface area (Å²) in [5.74, 6) is 0.634. The molecule has 1 aliphatic heterocycles. The Bertz CT molecular complexity index is 859. The van der Waals surface area contributed by atoms with Crippen molar-refractivity contribution in [3.8, 4) is 11.4 Å². The summed E-state index contributed by atoms with van der Waals surface area (Å²) in [4.78, 5) is 18.3. The molecular weight excluding hydrogens is 316 g/mol. The Hall–Kier alpha value is -3.15. The van der Waals surface area contributed by atoms with Gasteiger partial charge in [-0.05, 0) is 48.7 Å². The van der Waals surface area contributed by atoms with Gasteiger partial charge in [0.15, 0.2) is 6.61 Å². The minimum absolute atomic E-state index is 0.0208. The Morgan fingerprint density at radius 1 is 1.12 bits per heavy atom. The molecule has 2 heterocycles. The summed E-state index contributed by atoms with van der Waals surface area (Å²) < 4.78 is 7.34. The Labute approximate surface area is 145 Å². The summed E-state index contributed by atoms with van der Waals surface area (Å²) in [7, 11) is 0. The first-order chi connectivity index (χ1) is 12.3. The number of aromatic nitrogens is 3. The number of para-hydroxylation sites is 1. The van der Waals surface area contributed by atoms with Crippen molar-refractivity contribution in [2.24, 2.45) is 0 Å². The second kappa shape index (κ2) is 6.76. The third-order valence-corrected chi connectivity index (χ3v) is 4.29. The number of benzene rings is 2. The first kappa shape index (κ1) is 15.4. The first-order valence-electron chi connectivity index (χ1n) is 8.27. The molecule has 1 amide bonds. The van der Waals surface area contributed by atoms with Gasteiger partial charge in [-0.25, -0.2) is 9.67 Å². The number of ether oxygens (including phenoxy) is 1.